The van der Waals surface area contributed by atoms with Crippen molar-refractivity contribution in [1.29, 1.82) is 0 Å². The Labute approximate surface area is 183 Å². The molecule has 3 heteroatoms. The average Bonchev–Trinajstić information content (AvgIpc) is 3.22. The Morgan fingerprint density at radius 3 is 2.70 bits per heavy atom. The summed E-state index contributed by atoms with van der Waals surface area (Å²) in [5.41, 5.74) is 2.03. The molecular formula is C27H43NO2. The standard InChI is InChI=1S/C27H43NO2/c1-16-4-7-23-17(2)25-24(28(23)14-16)13-22-20-6-5-18-12-19(30)8-10-26(18,3)21(20)9-11-27(22,25)15-29/h5,16-17,19-25,29-30H,4,6-15H2,1-3H3/t16-,17+,19+,20?,21?,22?,23?,24?,25?,26?,27?/m0/s1. The van der Waals surface area contributed by atoms with Gasteiger partial charge < -0.3 is 10.2 Å². The summed E-state index contributed by atoms with van der Waals surface area (Å²) < 4.78 is 0. The first-order valence-corrected chi connectivity index (χ1v) is 13.1. The highest BCUT2D eigenvalue weighted by atomic mass is 16.3. The number of aliphatic hydroxyl groups is 2. The summed E-state index contributed by atoms with van der Waals surface area (Å²) in [7, 11) is 0. The van der Waals surface area contributed by atoms with E-state index in [0.717, 1.165) is 55.0 Å². The molecule has 2 saturated heterocycles. The van der Waals surface area contributed by atoms with Crippen molar-refractivity contribution in [2.24, 2.45) is 46.3 Å². The van der Waals surface area contributed by atoms with Crippen molar-refractivity contribution in [3.63, 3.8) is 0 Å². The van der Waals surface area contributed by atoms with Gasteiger partial charge in [-0.3, -0.25) is 4.90 Å². The molecule has 0 aromatic carbocycles. The van der Waals surface area contributed by atoms with Crippen LogP contribution < -0.4 is 0 Å². The van der Waals surface area contributed by atoms with Crippen LogP contribution in [0.2, 0.25) is 0 Å². The molecule has 3 saturated carbocycles. The van der Waals surface area contributed by atoms with Gasteiger partial charge in [0.15, 0.2) is 0 Å². The Kier molecular flexibility index (Phi) is 4.60. The molecule has 0 aromatic rings. The molecule has 11 atom stereocenters. The van der Waals surface area contributed by atoms with Gasteiger partial charge in [0.2, 0.25) is 0 Å². The number of hydrogen-bond acceptors (Lipinski definition) is 3. The first kappa shape index (κ1) is 20.2. The number of piperidine rings is 1. The minimum Gasteiger partial charge on any atom is -0.396 e. The summed E-state index contributed by atoms with van der Waals surface area (Å²) in [6, 6.07) is 1.49. The molecule has 6 rings (SSSR count). The average molecular weight is 414 g/mol. The van der Waals surface area contributed by atoms with Crippen LogP contribution in [0.15, 0.2) is 11.6 Å². The number of fused-ring (bicyclic) bond motifs is 9. The highest BCUT2D eigenvalue weighted by molar-refractivity contribution is 5.27. The fourth-order valence-corrected chi connectivity index (χ4v) is 10.4. The van der Waals surface area contributed by atoms with E-state index >= 15 is 0 Å². The zero-order chi connectivity index (χ0) is 20.8. The molecule has 30 heavy (non-hydrogen) atoms. The third-order valence-electron chi connectivity index (χ3n) is 11.7. The van der Waals surface area contributed by atoms with Crippen molar-refractivity contribution in [1.82, 2.24) is 4.90 Å². The second-order valence-corrected chi connectivity index (χ2v) is 12.7. The molecule has 2 heterocycles. The van der Waals surface area contributed by atoms with E-state index in [2.05, 4.69) is 31.7 Å². The Balaban J connectivity index is 1.35. The molecule has 168 valence electrons. The van der Waals surface area contributed by atoms with Crippen molar-refractivity contribution in [2.75, 3.05) is 13.2 Å². The minimum atomic E-state index is -0.120. The third kappa shape index (κ3) is 2.49. The Morgan fingerprint density at radius 2 is 1.90 bits per heavy atom. The van der Waals surface area contributed by atoms with Crippen LogP contribution >= 0.6 is 0 Å². The van der Waals surface area contributed by atoms with Gasteiger partial charge in [-0.25, -0.2) is 0 Å². The summed E-state index contributed by atoms with van der Waals surface area (Å²) in [5, 5.41) is 21.2. The molecule has 0 bridgehead atoms. The van der Waals surface area contributed by atoms with E-state index in [0.29, 0.717) is 23.9 Å². The van der Waals surface area contributed by atoms with Crippen LogP contribution in [-0.2, 0) is 0 Å². The van der Waals surface area contributed by atoms with E-state index in [9.17, 15) is 10.2 Å². The molecule has 6 aliphatic rings. The van der Waals surface area contributed by atoms with E-state index in [1.165, 1.54) is 45.1 Å². The van der Waals surface area contributed by atoms with Crippen LogP contribution in [0.4, 0.5) is 0 Å². The first-order valence-electron chi connectivity index (χ1n) is 13.1. The molecule has 0 radical (unpaired) electrons. The third-order valence-corrected chi connectivity index (χ3v) is 11.7. The molecule has 3 nitrogen and oxygen atoms in total. The smallest absolute Gasteiger partial charge is 0.0577 e. The summed E-state index contributed by atoms with van der Waals surface area (Å²) in [6.45, 7) is 9.20. The maximum atomic E-state index is 11.0. The molecular weight excluding hydrogens is 370 g/mol. The Hall–Kier alpha value is -0.380. The summed E-state index contributed by atoms with van der Waals surface area (Å²) in [6.07, 6.45) is 13.3. The molecule has 4 aliphatic carbocycles. The quantitative estimate of drug-likeness (QED) is 0.616. The zero-order valence-corrected chi connectivity index (χ0v) is 19.4. The minimum absolute atomic E-state index is 0.120. The van der Waals surface area contributed by atoms with Gasteiger partial charge >= 0.3 is 0 Å². The van der Waals surface area contributed by atoms with Crippen molar-refractivity contribution in [3.8, 4) is 0 Å². The van der Waals surface area contributed by atoms with Gasteiger partial charge in [-0.05, 0) is 98.7 Å². The maximum absolute atomic E-state index is 11.0. The predicted octanol–water partition coefficient (Wildman–Crippen LogP) is 4.63. The van der Waals surface area contributed by atoms with E-state index in [1.807, 2.05) is 0 Å². The number of rotatable bonds is 1. The highest BCUT2D eigenvalue weighted by Crippen LogP contribution is 2.69. The van der Waals surface area contributed by atoms with Crippen molar-refractivity contribution in [3.05, 3.63) is 11.6 Å². The Bertz CT molecular complexity index is 734. The van der Waals surface area contributed by atoms with E-state index in [4.69, 9.17) is 0 Å². The lowest BCUT2D eigenvalue weighted by molar-refractivity contribution is -0.0890. The lowest BCUT2D eigenvalue weighted by Crippen LogP contribution is -2.53. The second-order valence-electron chi connectivity index (χ2n) is 12.7. The van der Waals surface area contributed by atoms with Gasteiger partial charge in [-0.1, -0.05) is 32.4 Å². The largest absolute Gasteiger partial charge is 0.396 e. The van der Waals surface area contributed by atoms with Gasteiger partial charge in [0.25, 0.3) is 0 Å². The zero-order valence-electron chi connectivity index (χ0n) is 19.4. The predicted molar refractivity (Wildman–Crippen MR) is 120 cm³/mol. The van der Waals surface area contributed by atoms with Crippen molar-refractivity contribution in [2.45, 2.75) is 96.7 Å². The van der Waals surface area contributed by atoms with Crippen LogP contribution in [0.3, 0.4) is 0 Å². The fourth-order valence-electron chi connectivity index (χ4n) is 10.4. The number of hydrogen-bond donors (Lipinski definition) is 2. The lowest BCUT2D eigenvalue weighted by atomic mass is 9.46. The molecule has 2 aliphatic heterocycles. The van der Waals surface area contributed by atoms with Crippen LogP contribution in [0.25, 0.3) is 0 Å². The van der Waals surface area contributed by atoms with Crippen LogP contribution in [-0.4, -0.2) is 46.5 Å². The second kappa shape index (κ2) is 6.81. The van der Waals surface area contributed by atoms with Gasteiger partial charge in [-0.2, -0.15) is 0 Å². The first-order chi connectivity index (χ1) is 14.4. The van der Waals surface area contributed by atoms with Crippen LogP contribution in [0, 0.1) is 46.3 Å². The van der Waals surface area contributed by atoms with Gasteiger partial charge in [0, 0.05) is 30.7 Å². The van der Waals surface area contributed by atoms with E-state index in [-0.39, 0.29) is 11.5 Å². The van der Waals surface area contributed by atoms with Crippen LogP contribution in [0.5, 0.6) is 0 Å². The SMILES string of the molecule is C[C@H]1CCC2[C@@H](C)C3C(CC4C5CC=C6C[C@H](O)CCC6(C)C5CCC43CO)N2C1. The molecule has 5 fully saturated rings. The van der Waals surface area contributed by atoms with E-state index < -0.39 is 0 Å². The summed E-state index contributed by atoms with van der Waals surface area (Å²) in [5.74, 6) is 4.48. The molecule has 2 N–H and O–H groups in total. The molecule has 0 amide bonds. The summed E-state index contributed by atoms with van der Waals surface area (Å²) in [4.78, 5) is 2.93. The normalized spacial score (nSPS) is 57.6. The summed E-state index contributed by atoms with van der Waals surface area (Å²) >= 11 is 0. The number of aliphatic hydroxyl groups excluding tert-OH is 2. The van der Waals surface area contributed by atoms with Gasteiger partial charge in [0.1, 0.15) is 0 Å². The lowest BCUT2D eigenvalue weighted by Gasteiger charge is -2.58. The topological polar surface area (TPSA) is 43.7 Å². The van der Waals surface area contributed by atoms with Crippen LogP contribution in [0.1, 0.15) is 78.6 Å². The molecule has 8 unspecified atom stereocenters. The number of nitrogens with zero attached hydrogens (tertiary/aromatic N) is 1. The van der Waals surface area contributed by atoms with Gasteiger partial charge in [-0.15, -0.1) is 0 Å². The van der Waals surface area contributed by atoms with Crippen molar-refractivity contribution < 1.29 is 10.2 Å². The molecule has 0 spiro atoms. The van der Waals surface area contributed by atoms with E-state index in [1.54, 1.807) is 5.57 Å². The molecule has 0 aromatic heterocycles. The number of allylic oxidation sites excluding steroid dienone is 1. The Morgan fingerprint density at radius 1 is 1.07 bits per heavy atom. The fraction of sp³-hybridized carbons (Fsp3) is 0.926. The maximum Gasteiger partial charge on any atom is 0.0577 e. The highest BCUT2D eigenvalue weighted by Gasteiger charge is 2.67. The monoisotopic (exact) mass is 413 g/mol. The van der Waals surface area contributed by atoms with Crippen molar-refractivity contribution >= 4 is 0 Å². The van der Waals surface area contributed by atoms with Gasteiger partial charge in [0.05, 0.1) is 6.10 Å².